The van der Waals surface area contributed by atoms with Crippen molar-refractivity contribution in [3.63, 3.8) is 0 Å². The van der Waals surface area contributed by atoms with Crippen molar-refractivity contribution in [1.82, 2.24) is 0 Å². The lowest BCUT2D eigenvalue weighted by atomic mass is 9.79. The van der Waals surface area contributed by atoms with Crippen molar-refractivity contribution in [2.45, 2.75) is 39.5 Å². The standard InChI is InChI=1S/C9H16O4/c1-3-4-9(2,5-7(10)11)6-8(12)13/h3-6H2,1-2H3,(H,10,11)(H,12,13). The molecule has 0 amide bonds. The van der Waals surface area contributed by atoms with Crippen LogP contribution in [0.3, 0.4) is 0 Å². The lowest BCUT2D eigenvalue weighted by Gasteiger charge is -2.25. The Balaban J connectivity index is 4.32. The second-order valence-corrected chi connectivity index (χ2v) is 3.70. The first-order chi connectivity index (χ1) is 5.89. The number of rotatable bonds is 6. The Morgan fingerprint density at radius 3 is 1.77 bits per heavy atom. The minimum Gasteiger partial charge on any atom is -0.481 e. The predicted octanol–water partition coefficient (Wildman–Crippen LogP) is 1.74. The summed E-state index contributed by atoms with van der Waals surface area (Å²) in [6, 6.07) is 0. The summed E-state index contributed by atoms with van der Waals surface area (Å²) >= 11 is 0. The van der Waals surface area contributed by atoms with Gasteiger partial charge in [0.1, 0.15) is 0 Å². The highest BCUT2D eigenvalue weighted by molar-refractivity contribution is 5.71. The van der Waals surface area contributed by atoms with Gasteiger partial charge in [0, 0.05) is 0 Å². The maximum absolute atomic E-state index is 10.5. The molecule has 0 fully saturated rings. The Kier molecular flexibility index (Phi) is 4.45. The van der Waals surface area contributed by atoms with Crippen molar-refractivity contribution < 1.29 is 19.8 Å². The number of aliphatic carboxylic acids is 2. The van der Waals surface area contributed by atoms with Crippen LogP contribution in [0.5, 0.6) is 0 Å². The van der Waals surface area contributed by atoms with Crippen molar-refractivity contribution in [2.24, 2.45) is 5.41 Å². The molecule has 0 bridgehead atoms. The largest absolute Gasteiger partial charge is 0.481 e. The van der Waals surface area contributed by atoms with Crippen LogP contribution in [-0.2, 0) is 9.59 Å². The van der Waals surface area contributed by atoms with Gasteiger partial charge in [-0.3, -0.25) is 9.59 Å². The van der Waals surface area contributed by atoms with Gasteiger partial charge in [-0.1, -0.05) is 20.3 Å². The van der Waals surface area contributed by atoms with Gasteiger partial charge >= 0.3 is 11.9 Å². The Hall–Kier alpha value is -1.06. The molecule has 0 saturated heterocycles. The Bertz CT molecular complexity index is 182. The van der Waals surface area contributed by atoms with E-state index >= 15 is 0 Å². The van der Waals surface area contributed by atoms with Crippen LogP contribution >= 0.6 is 0 Å². The van der Waals surface area contributed by atoms with Crippen LogP contribution in [0.15, 0.2) is 0 Å². The Labute approximate surface area is 77.6 Å². The van der Waals surface area contributed by atoms with E-state index in [1.807, 2.05) is 6.92 Å². The zero-order valence-corrected chi connectivity index (χ0v) is 8.04. The number of carboxylic acid groups (broad SMARTS) is 2. The molecule has 0 radical (unpaired) electrons. The summed E-state index contributed by atoms with van der Waals surface area (Å²) < 4.78 is 0. The van der Waals surface area contributed by atoms with E-state index in [1.165, 1.54) is 0 Å². The molecular weight excluding hydrogens is 172 g/mol. The third kappa shape index (κ3) is 5.22. The molecule has 2 N–H and O–H groups in total. The molecule has 76 valence electrons. The quantitative estimate of drug-likeness (QED) is 0.665. The molecular formula is C9H16O4. The lowest BCUT2D eigenvalue weighted by Crippen LogP contribution is -2.24. The maximum atomic E-state index is 10.5. The van der Waals surface area contributed by atoms with Crippen LogP contribution in [-0.4, -0.2) is 22.2 Å². The first-order valence-electron chi connectivity index (χ1n) is 4.33. The molecule has 0 aliphatic carbocycles. The molecule has 0 aliphatic rings. The fourth-order valence-corrected chi connectivity index (χ4v) is 1.57. The van der Waals surface area contributed by atoms with E-state index in [0.717, 1.165) is 6.42 Å². The summed E-state index contributed by atoms with van der Waals surface area (Å²) in [5.41, 5.74) is -0.605. The van der Waals surface area contributed by atoms with Crippen LogP contribution in [0.4, 0.5) is 0 Å². The maximum Gasteiger partial charge on any atom is 0.303 e. The van der Waals surface area contributed by atoms with Crippen LogP contribution in [0.1, 0.15) is 39.5 Å². The summed E-state index contributed by atoms with van der Waals surface area (Å²) in [5, 5.41) is 17.2. The van der Waals surface area contributed by atoms with Gasteiger partial charge in [0.25, 0.3) is 0 Å². The van der Waals surface area contributed by atoms with Crippen molar-refractivity contribution >= 4 is 11.9 Å². The third-order valence-corrected chi connectivity index (χ3v) is 2.01. The topological polar surface area (TPSA) is 74.6 Å². The van der Waals surface area contributed by atoms with Gasteiger partial charge in [-0.05, 0) is 11.8 Å². The normalized spacial score (nSPS) is 11.2. The summed E-state index contributed by atoms with van der Waals surface area (Å²) in [4.78, 5) is 21.0. The summed E-state index contributed by atoms with van der Waals surface area (Å²) in [5.74, 6) is -1.87. The van der Waals surface area contributed by atoms with Crippen molar-refractivity contribution in [3.8, 4) is 0 Å². The smallest absolute Gasteiger partial charge is 0.303 e. The highest BCUT2D eigenvalue weighted by Gasteiger charge is 2.29. The molecule has 0 unspecified atom stereocenters. The van der Waals surface area contributed by atoms with Crippen LogP contribution in [0.25, 0.3) is 0 Å². The average molecular weight is 188 g/mol. The van der Waals surface area contributed by atoms with Crippen LogP contribution in [0.2, 0.25) is 0 Å². The Morgan fingerprint density at radius 1 is 1.15 bits per heavy atom. The molecule has 13 heavy (non-hydrogen) atoms. The molecule has 0 aromatic rings. The zero-order valence-electron chi connectivity index (χ0n) is 8.04. The zero-order chi connectivity index (χ0) is 10.5. The van der Waals surface area contributed by atoms with Gasteiger partial charge in [-0.25, -0.2) is 0 Å². The van der Waals surface area contributed by atoms with E-state index in [0.29, 0.717) is 6.42 Å². The van der Waals surface area contributed by atoms with Crippen molar-refractivity contribution in [1.29, 1.82) is 0 Å². The van der Waals surface area contributed by atoms with Crippen molar-refractivity contribution in [2.75, 3.05) is 0 Å². The van der Waals surface area contributed by atoms with E-state index in [9.17, 15) is 9.59 Å². The molecule has 4 heteroatoms. The van der Waals surface area contributed by atoms with Gasteiger partial charge in [-0.15, -0.1) is 0 Å². The second-order valence-electron chi connectivity index (χ2n) is 3.70. The lowest BCUT2D eigenvalue weighted by molar-refractivity contribution is -0.143. The van der Waals surface area contributed by atoms with Gasteiger partial charge in [0.15, 0.2) is 0 Å². The molecule has 0 rings (SSSR count). The molecule has 0 spiro atoms. The predicted molar refractivity (Wildman–Crippen MR) is 47.5 cm³/mol. The number of carboxylic acids is 2. The first kappa shape index (κ1) is 11.9. The first-order valence-corrected chi connectivity index (χ1v) is 4.33. The average Bonchev–Trinajstić information content (AvgIpc) is 1.81. The van der Waals surface area contributed by atoms with Gasteiger partial charge in [0.2, 0.25) is 0 Å². The van der Waals surface area contributed by atoms with Gasteiger partial charge in [0.05, 0.1) is 12.8 Å². The minimum absolute atomic E-state index is 0.0763. The summed E-state index contributed by atoms with van der Waals surface area (Å²) in [6.45, 7) is 3.63. The van der Waals surface area contributed by atoms with Gasteiger partial charge in [-0.2, -0.15) is 0 Å². The number of hydrogen-bond donors (Lipinski definition) is 2. The third-order valence-electron chi connectivity index (χ3n) is 2.01. The van der Waals surface area contributed by atoms with E-state index < -0.39 is 17.4 Å². The molecule has 0 atom stereocenters. The summed E-state index contributed by atoms with van der Waals surface area (Å²) in [6.07, 6.45) is 1.28. The van der Waals surface area contributed by atoms with E-state index in [1.54, 1.807) is 6.92 Å². The summed E-state index contributed by atoms with van der Waals surface area (Å²) in [7, 11) is 0. The second kappa shape index (κ2) is 4.84. The molecule has 0 aliphatic heterocycles. The monoisotopic (exact) mass is 188 g/mol. The van der Waals surface area contributed by atoms with E-state index in [4.69, 9.17) is 10.2 Å². The van der Waals surface area contributed by atoms with E-state index in [-0.39, 0.29) is 12.8 Å². The highest BCUT2D eigenvalue weighted by atomic mass is 16.4. The van der Waals surface area contributed by atoms with E-state index in [2.05, 4.69) is 0 Å². The highest BCUT2D eigenvalue weighted by Crippen LogP contribution is 2.31. The fraction of sp³-hybridized carbons (Fsp3) is 0.778. The molecule has 0 saturated carbocycles. The molecule has 0 heterocycles. The SMILES string of the molecule is CCCC(C)(CC(=O)O)CC(=O)O. The molecule has 0 aromatic carbocycles. The molecule has 4 nitrogen and oxygen atoms in total. The number of carbonyl (C=O) groups is 2. The number of hydrogen-bond acceptors (Lipinski definition) is 2. The minimum atomic E-state index is -0.933. The van der Waals surface area contributed by atoms with Crippen molar-refractivity contribution in [3.05, 3.63) is 0 Å². The van der Waals surface area contributed by atoms with Gasteiger partial charge < -0.3 is 10.2 Å². The fourth-order valence-electron chi connectivity index (χ4n) is 1.57. The Morgan fingerprint density at radius 2 is 1.54 bits per heavy atom. The van der Waals surface area contributed by atoms with Crippen LogP contribution < -0.4 is 0 Å². The van der Waals surface area contributed by atoms with Crippen LogP contribution in [0, 0.1) is 5.41 Å². The molecule has 0 aromatic heterocycles.